The fourth-order valence-electron chi connectivity index (χ4n) is 2.64. The third-order valence-corrected chi connectivity index (χ3v) is 3.75. The number of aryl methyl sites for hydroxylation is 1. The third kappa shape index (κ3) is 3.04. The molecular formula is C16H21NO. The maximum atomic E-state index is 9.26. The smallest absolute Gasteiger partial charge is 0.122 e. The average molecular weight is 243 g/mol. The first-order chi connectivity index (χ1) is 8.85. The lowest BCUT2D eigenvalue weighted by atomic mass is 9.99. The topological polar surface area (TPSA) is 33.0 Å². The molecule has 1 aromatic carbocycles. The van der Waals surface area contributed by atoms with Gasteiger partial charge in [0, 0.05) is 0 Å². The molecule has 2 atom stereocenters. The molecule has 0 saturated heterocycles. The number of hydrogen-bond acceptors (Lipinski definition) is 2. The molecule has 0 N–H and O–H groups in total. The Kier molecular flexibility index (Phi) is 4.64. The second kappa shape index (κ2) is 6.44. The van der Waals surface area contributed by atoms with Gasteiger partial charge in [-0.15, -0.1) is 0 Å². The van der Waals surface area contributed by atoms with Crippen LogP contribution in [0.2, 0.25) is 0 Å². The van der Waals surface area contributed by atoms with Gasteiger partial charge in [-0.05, 0) is 37.3 Å². The molecule has 0 spiro atoms. The van der Waals surface area contributed by atoms with Crippen LogP contribution in [0.5, 0.6) is 5.75 Å². The number of benzene rings is 1. The molecule has 0 bridgehead atoms. The van der Waals surface area contributed by atoms with Gasteiger partial charge in [-0.1, -0.05) is 38.0 Å². The average Bonchev–Trinajstić information content (AvgIpc) is 2.64. The Labute approximate surface area is 110 Å². The second-order valence-electron chi connectivity index (χ2n) is 4.99. The summed E-state index contributed by atoms with van der Waals surface area (Å²) in [7, 11) is 0. The van der Waals surface area contributed by atoms with Gasteiger partial charge in [0.2, 0.25) is 0 Å². The standard InChI is InChI=1S/C16H21NO/c1-2-13-8-6-7-11-15(13)18-16-10-5-3-4-9-14(16)12-17/h6-8,11,14,16H,2-5,9-10H2,1H3. The van der Waals surface area contributed by atoms with Crippen LogP contribution in [0.3, 0.4) is 0 Å². The van der Waals surface area contributed by atoms with E-state index >= 15 is 0 Å². The van der Waals surface area contributed by atoms with Crippen LogP contribution in [-0.2, 0) is 6.42 Å². The quantitative estimate of drug-likeness (QED) is 0.749. The maximum Gasteiger partial charge on any atom is 0.122 e. The first kappa shape index (κ1) is 13.0. The minimum Gasteiger partial charge on any atom is -0.489 e. The molecule has 1 saturated carbocycles. The summed E-state index contributed by atoms with van der Waals surface area (Å²) >= 11 is 0. The second-order valence-corrected chi connectivity index (χ2v) is 4.99. The molecule has 0 amide bonds. The minimum atomic E-state index is 0.0532. The van der Waals surface area contributed by atoms with Crippen LogP contribution >= 0.6 is 0 Å². The lowest BCUT2D eigenvalue weighted by Crippen LogP contribution is -2.25. The summed E-state index contributed by atoms with van der Waals surface area (Å²) in [6.45, 7) is 2.14. The van der Waals surface area contributed by atoms with Crippen molar-refractivity contribution in [2.24, 2.45) is 5.92 Å². The Morgan fingerprint density at radius 3 is 2.78 bits per heavy atom. The van der Waals surface area contributed by atoms with Gasteiger partial charge < -0.3 is 4.74 Å². The van der Waals surface area contributed by atoms with Gasteiger partial charge in [0.05, 0.1) is 12.0 Å². The Balaban J connectivity index is 2.13. The van der Waals surface area contributed by atoms with E-state index in [2.05, 4.69) is 19.1 Å². The highest BCUT2D eigenvalue weighted by Crippen LogP contribution is 2.29. The van der Waals surface area contributed by atoms with Crippen LogP contribution in [-0.4, -0.2) is 6.10 Å². The zero-order chi connectivity index (χ0) is 12.8. The zero-order valence-corrected chi connectivity index (χ0v) is 11.1. The van der Waals surface area contributed by atoms with E-state index in [1.54, 1.807) is 0 Å². The van der Waals surface area contributed by atoms with Crippen molar-refractivity contribution in [1.82, 2.24) is 0 Å². The Morgan fingerprint density at radius 1 is 1.22 bits per heavy atom. The molecule has 1 aliphatic carbocycles. The van der Waals surface area contributed by atoms with Crippen LogP contribution in [0.1, 0.15) is 44.6 Å². The summed E-state index contributed by atoms with van der Waals surface area (Å²) in [5, 5.41) is 9.26. The van der Waals surface area contributed by atoms with Crippen molar-refractivity contribution in [1.29, 1.82) is 5.26 Å². The molecule has 2 unspecified atom stereocenters. The molecular weight excluding hydrogens is 222 g/mol. The molecule has 2 heteroatoms. The molecule has 2 rings (SSSR count). The van der Waals surface area contributed by atoms with Crippen LogP contribution in [0.25, 0.3) is 0 Å². The molecule has 1 fully saturated rings. The first-order valence-electron chi connectivity index (χ1n) is 6.99. The Morgan fingerprint density at radius 2 is 2.00 bits per heavy atom. The Bertz CT molecular complexity index is 421. The van der Waals surface area contributed by atoms with E-state index in [0.29, 0.717) is 0 Å². The van der Waals surface area contributed by atoms with E-state index in [4.69, 9.17) is 4.74 Å². The molecule has 0 radical (unpaired) electrons. The van der Waals surface area contributed by atoms with E-state index in [0.717, 1.165) is 31.4 Å². The van der Waals surface area contributed by atoms with E-state index < -0.39 is 0 Å². The van der Waals surface area contributed by atoms with Crippen LogP contribution in [0.15, 0.2) is 24.3 Å². The van der Waals surface area contributed by atoms with E-state index in [1.165, 1.54) is 18.4 Å². The summed E-state index contributed by atoms with van der Waals surface area (Å²) in [5.41, 5.74) is 1.23. The summed E-state index contributed by atoms with van der Waals surface area (Å²) in [4.78, 5) is 0. The highest BCUT2D eigenvalue weighted by molar-refractivity contribution is 5.33. The van der Waals surface area contributed by atoms with E-state index in [1.807, 2.05) is 18.2 Å². The van der Waals surface area contributed by atoms with Crippen molar-refractivity contribution in [3.8, 4) is 11.8 Å². The minimum absolute atomic E-state index is 0.0532. The molecule has 0 aliphatic heterocycles. The van der Waals surface area contributed by atoms with Crippen molar-refractivity contribution >= 4 is 0 Å². The van der Waals surface area contributed by atoms with Gasteiger partial charge >= 0.3 is 0 Å². The van der Waals surface area contributed by atoms with Gasteiger partial charge in [-0.3, -0.25) is 0 Å². The maximum absolute atomic E-state index is 9.26. The SMILES string of the molecule is CCc1ccccc1OC1CCCCCC1C#N. The normalized spacial score (nSPS) is 24.0. The fraction of sp³-hybridized carbons (Fsp3) is 0.562. The highest BCUT2D eigenvalue weighted by Gasteiger charge is 2.25. The van der Waals surface area contributed by atoms with Gasteiger partial charge in [-0.2, -0.15) is 5.26 Å². The van der Waals surface area contributed by atoms with Crippen LogP contribution < -0.4 is 4.74 Å². The van der Waals surface area contributed by atoms with Gasteiger partial charge in [0.25, 0.3) is 0 Å². The van der Waals surface area contributed by atoms with Crippen molar-refractivity contribution in [3.63, 3.8) is 0 Å². The molecule has 2 nitrogen and oxygen atoms in total. The third-order valence-electron chi connectivity index (χ3n) is 3.75. The van der Waals surface area contributed by atoms with Crippen molar-refractivity contribution in [3.05, 3.63) is 29.8 Å². The summed E-state index contributed by atoms with van der Waals surface area (Å²) in [5.74, 6) is 1.02. The Hall–Kier alpha value is -1.49. The molecule has 1 aliphatic rings. The van der Waals surface area contributed by atoms with Gasteiger partial charge in [0.15, 0.2) is 0 Å². The fourth-order valence-corrected chi connectivity index (χ4v) is 2.64. The van der Waals surface area contributed by atoms with Gasteiger partial charge in [0.1, 0.15) is 11.9 Å². The van der Waals surface area contributed by atoms with Crippen molar-refractivity contribution < 1.29 is 4.74 Å². The monoisotopic (exact) mass is 243 g/mol. The summed E-state index contributed by atoms with van der Waals surface area (Å²) < 4.78 is 6.14. The van der Waals surface area contributed by atoms with Gasteiger partial charge in [-0.25, -0.2) is 0 Å². The predicted octanol–water partition coefficient (Wildman–Crippen LogP) is 4.10. The largest absolute Gasteiger partial charge is 0.489 e. The van der Waals surface area contributed by atoms with Crippen LogP contribution in [0, 0.1) is 17.2 Å². The molecule has 0 aromatic heterocycles. The zero-order valence-electron chi connectivity index (χ0n) is 11.1. The lowest BCUT2D eigenvalue weighted by Gasteiger charge is -2.22. The number of ether oxygens (including phenoxy) is 1. The van der Waals surface area contributed by atoms with E-state index in [-0.39, 0.29) is 12.0 Å². The van der Waals surface area contributed by atoms with E-state index in [9.17, 15) is 5.26 Å². The van der Waals surface area contributed by atoms with Crippen LogP contribution in [0.4, 0.5) is 0 Å². The van der Waals surface area contributed by atoms with Crippen molar-refractivity contribution in [2.45, 2.75) is 51.6 Å². The first-order valence-corrected chi connectivity index (χ1v) is 6.99. The number of nitrogens with zero attached hydrogens (tertiary/aromatic N) is 1. The number of para-hydroxylation sites is 1. The summed E-state index contributed by atoms with van der Waals surface area (Å²) in [6.07, 6.45) is 6.61. The highest BCUT2D eigenvalue weighted by atomic mass is 16.5. The number of nitriles is 1. The summed E-state index contributed by atoms with van der Waals surface area (Å²) in [6, 6.07) is 10.6. The molecule has 18 heavy (non-hydrogen) atoms. The predicted molar refractivity (Wildman–Crippen MR) is 72.4 cm³/mol. The molecule has 96 valence electrons. The van der Waals surface area contributed by atoms with Crippen molar-refractivity contribution in [2.75, 3.05) is 0 Å². The lowest BCUT2D eigenvalue weighted by molar-refractivity contribution is 0.150. The number of hydrogen-bond donors (Lipinski definition) is 0. The molecule has 0 heterocycles. The molecule has 1 aromatic rings. The number of rotatable bonds is 3.